The molecule has 146 valence electrons. The molecule has 1 N–H and O–H groups in total. The Kier molecular flexibility index (Phi) is 4.01. The van der Waals surface area contributed by atoms with Crippen molar-refractivity contribution in [3.05, 3.63) is 99.4 Å². The molecule has 5 rings (SSSR count). The predicted molar refractivity (Wildman–Crippen MR) is 122 cm³/mol. The number of fused-ring (bicyclic) bond motifs is 3. The van der Waals surface area contributed by atoms with Gasteiger partial charge in [-0.2, -0.15) is 0 Å². The third-order valence-corrected chi connectivity index (χ3v) is 5.75. The lowest BCUT2D eigenvalue weighted by atomic mass is 9.94. The lowest BCUT2D eigenvalue weighted by Gasteiger charge is -2.13. The Bertz CT molecular complexity index is 1480. The third-order valence-electron chi connectivity index (χ3n) is 5.75. The number of benzene rings is 2. The molecule has 0 fully saturated rings. The Morgan fingerprint density at radius 3 is 2.43 bits per heavy atom. The molecular weight excluding hydrogens is 370 g/mol. The Hall–Kier alpha value is -3.84. The topological polar surface area (TPSA) is 45.6 Å². The molecule has 2 aromatic carbocycles. The van der Waals surface area contributed by atoms with Gasteiger partial charge in [-0.05, 0) is 68.7 Å². The predicted octanol–water partition coefficient (Wildman–Crippen LogP) is 6.96. The van der Waals surface area contributed by atoms with Crippen LogP contribution in [0, 0.1) is 20.4 Å². The SMILES string of the molecule is [C-]#[N+]C1=C(C)C(=C(c2ccc3oc4ccccc4c3c2)c2[nH]c(C)cc2C)N=C1C. The number of H-pyrrole nitrogens is 1. The second kappa shape index (κ2) is 6.60. The van der Waals surface area contributed by atoms with Crippen molar-refractivity contribution in [3.8, 4) is 0 Å². The normalized spacial score (nSPS) is 15.8. The summed E-state index contributed by atoms with van der Waals surface area (Å²) in [6.07, 6.45) is 0. The molecule has 4 nitrogen and oxygen atoms in total. The average Bonchev–Trinajstić information content (AvgIpc) is 3.35. The zero-order chi connectivity index (χ0) is 21.0. The van der Waals surface area contributed by atoms with E-state index in [9.17, 15) is 0 Å². The van der Waals surface area contributed by atoms with E-state index in [1.54, 1.807) is 0 Å². The molecule has 3 heterocycles. The van der Waals surface area contributed by atoms with Crippen molar-refractivity contribution in [1.82, 2.24) is 4.98 Å². The molecule has 0 saturated carbocycles. The maximum Gasteiger partial charge on any atom is 0.212 e. The molecule has 4 aromatic rings. The number of nitrogens with zero attached hydrogens (tertiary/aromatic N) is 2. The molecule has 30 heavy (non-hydrogen) atoms. The number of aliphatic imine (C=N–C) groups is 1. The molecule has 0 unspecified atom stereocenters. The standard InChI is InChI=1S/C26H21N3O/c1-14-12-15(2)28-24(14)23(26-16(3)25(27-5)17(4)29-26)18-10-11-22-20(13-18)19-8-6-7-9-21(19)30-22/h6-13,28H,1-4H3. The zero-order valence-corrected chi connectivity index (χ0v) is 17.4. The lowest BCUT2D eigenvalue weighted by molar-refractivity contribution is 0.669. The number of hydrogen-bond donors (Lipinski definition) is 1. The Morgan fingerprint density at radius 2 is 1.73 bits per heavy atom. The number of para-hydroxylation sites is 1. The molecule has 1 aliphatic rings. The van der Waals surface area contributed by atoms with Crippen LogP contribution in [0.2, 0.25) is 0 Å². The van der Waals surface area contributed by atoms with Crippen molar-refractivity contribution in [3.63, 3.8) is 0 Å². The van der Waals surface area contributed by atoms with E-state index < -0.39 is 0 Å². The van der Waals surface area contributed by atoms with Crippen molar-refractivity contribution in [1.29, 1.82) is 0 Å². The van der Waals surface area contributed by atoms with E-state index in [2.05, 4.69) is 47.9 Å². The monoisotopic (exact) mass is 391 g/mol. The van der Waals surface area contributed by atoms with Crippen LogP contribution < -0.4 is 0 Å². The number of aromatic nitrogens is 1. The molecular formula is C26H21N3O. The minimum Gasteiger partial charge on any atom is -0.456 e. The molecule has 0 aliphatic carbocycles. The molecule has 0 atom stereocenters. The van der Waals surface area contributed by atoms with E-state index in [1.807, 2.05) is 38.1 Å². The van der Waals surface area contributed by atoms with Gasteiger partial charge in [-0.25, -0.2) is 4.85 Å². The molecule has 0 saturated heterocycles. The Morgan fingerprint density at radius 1 is 0.967 bits per heavy atom. The van der Waals surface area contributed by atoms with E-state index in [0.29, 0.717) is 5.70 Å². The molecule has 0 radical (unpaired) electrons. The van der Waals surface area contributed by atoms with Crippen LogP contribution in [-0.4, -0.2) is 10.7 Å². The van der Waals surface area contributed by atoms with Gasteiger partial charge in [-0.1, -0.05) is 24.3 Å². The van der Waals surface area contributed by atoms with Crippen LogP contribution in [-0.2, 0) is 0 Å². The van der Waals surface area contributed by atoms with Crippen LogP contribution in [0.15, 0.2) is 74.9 Å². The van der Waals surface area contributed by atoms with Crippen molar-refractivity contribution in [2.75, 3.05) is 0 Å². The summed E-state index contributed by atoms with van der Waals surface area (Å²) in [5.74, 6) is 0. The maximum absolute atomic E-state index is 7.57. The first-order chi connectivity index (χ1) is 14.5. The average molecular weight is 391 g/mol. The zero-order valence-electron chi connectivity index (χ0n) is 17.4. The first-order valence-electron chi connectivity index (χ1n) is 9.95. The fourth-order valence-electron chi connectivity index (χ4n) is 4.37. The summed E-state index contributed by atoms with van der Waals surface area (Å²) in [5, 5.41) is 2.17. The molecule has 0 amide bonds. The van der Waals surface area contributed by atoms with Gasteiger partial charge in [-0.15, -0.1) is 0 Å². The van der Waals surface area contributed by atoms with E-state index in [-0.39, 0.29) is 0 Å². The van der Waals surface area contributed by atoms with Gasteiger partial charge in [0.2, 0.25) is 5.70 Å². The van der Waals surface area contributed by atoms with Crippen LogP contribution in [0.25, 0.3) is 32.4 Å². The lowest BCUT2D eigenvalue weighted by Crippen LogP contribution is -1.96. The van der Waals surface area contributed by atoms with E-state index >= 15 is 0 Å². The second-order valence-corrected chi connectivity index (χ2v) is 7.83. The number of nitrogens with one attached hydrogen (secondary N) is 1. The van der Waals surface area contributed by atoms with E-state index in [1.165, 1.54) is 0 Å². The van der Waals surface area contributed by atoms with Gasteiger partial charge in [0.25, 0.3) is 0 Å². The smallest absolute Gasteiger partial charge is 0.212 e. The highest BCUT2D eigenvalue weighted by Crippen LogP contribution is 2.39. The minimum absolute atomic E-state index is 0.637. The fourth-order valence-corrected chi connectivity index (χ4v) is 4.37. The summed E-state index contributed by atoms with van der Waals surface area (Å²) >= 11 is 0. The van der Waals surface area contributed by atoms with Gasteiger partial charge < -0.3 is 9.40 Å². The van der Waals surface area contributed by atoms with Crippen LogP contribution in [0.5, 0.6) is 0 Å². The largest absolute Gasteiger partial charge is 0.456 e. The van der Waals surface area contributed by atoms with Crippen LogP contribution in [0.3, 0.4) is 0 Å². The highest BCUT2D eigenvalue weighted by atomic mass is 16.3. The molecule has 2 aromatic heterocycles. The first kappa shape index (κ1) is 18.2. The highest BCUT2D eigenvalue weighted by molar-refractivity contribution is 6.08. The molecule has 1 aliphatic heterocycles. The van der Waals surface area contributed by atoms with Gasteiger partial charge in [0.05, 0.1) is 18.0 Å². The van der Waals surface area contributed by atoms with Gasteiger partial charge >= 0.3 is 0 Å². The number of aromatic amines is 1. The quantitative estimate of drug-likeness (QED) is 0.369. The molecule has 4 heteroatoms. The second-order valence-electron chi connectivity index (χ2n) is 7.83. The summed E-state index contributed by atoms with van der Waals surface area (Å²) in [4.78, 5) is 12.1. The van der Waals surface area contributed by atoms with Crippen LogP contribution in [0.1, 0.15) is 36.4 Å². The number of rotatable bonds is 2. The number of aryl methyl sites for hydroxylation is 2. The van der Waals surface area contributed by atoms with Crippen molar-refractivity contribution in [2.45, 2.75) is 27.7 Å². The van der Waals surface area contributed by atoms with Gasteiger partial charge in [0.1, 0.15) is 11.2 Å². The van der Waals surface area contributed by atoms with Crippen LogP contribution >= 0.6 is 0 Å². The van der Waals surface area contributed by atoms with Gasteiger partial charge in [0.15, 0.2) is 0 Å². The Labute approximate surface area is 175 Å². The first-order valence-corrected chi connectivity index (χ1v) is 9.95. The number of furan rings is 1. The Balaban J connectivity index is 1.86. The van der Waals surface area contributed by atoms with Crippen molar-refractivity contribution >= 4 is 33.2 Å². The third kappa shape index (κ3) is 2.63. The number of hydrogen-bond acceptors (Lipinski definition) is 2. The van der Waals surface area contributed by atoms with Crippen LogP contribution in [0.4, 0.5) is 0 Å². The number of allylic oxidation sites excluding steroid dienone is 2. The maximum atomic E-state index is 7.57. The summed E-state index contributed by atoms with van der Waals surface area (Å²) in [6, 6.07) is 16.5. The summed E-state index contributed by atoms with van der Waals surface area (Å²) in [6.45, 7) is 15.6. The van der Waals surface area contributed by atoms with Crippen molar-refractivity contribution in [2.24, 2.45) is 4.99 Å². The van der Waals surface area contributed by atoms with Gasteiger partial charge in [-0.3, -0.25) is 4.99 Å². The van der Waals surface area contributed by atoms with E-state index in [4.69, 9.17) is 16.0 Å². The highest BCUT2D eigenvalue weighted by Gasteiger charge is 2.25. The molecule has 0 spiro atoms. The fraction of sp³-hybridized carbons (Fsp3) is 0.154. The van der Waals surface area contributed by atoms with Crippen molar-refractivity contribution < 1.29 is 4.42 Å². The minimum atomic E-state index is 0.637. The van der Waals surface area contributed by atoms with E-state index in [0.717, 1.165) is 67.0 Å². The molecule has 0 bridgehead atoms. The summed E-state index contributed by atoms with van der Waals surface area (Å²) < 4.78 is 6.02. The summed E-state index contributed by atoms with van der Waals surface area (Å²) in [5.41, 5.74) is 10.3. The summed E-state index contributed by atoms with van der Waals surface area (Å²) in [7, 11) is 0. The van der Waals surface area contributed by atoms with Gasteiger partial charge in [0, 0.05) is 27.8 Å².